The quantitative estimate of drug-likeness (QED) is 0.782. The van der Waals surface area contributed by atoms with E-state index in [0.717, 1.165) is 51.4 Å². The summed E-state index contributed by atoms with van der Waals surface area (Å²) in [5, 5.41) is 0. The lowest BCUT2D eigenvalue weighted by Gasteiger charge is -2.48. The second-order valence-electron chi connectivity index (χ2n) is 6.87. The highest BCUT2D eigenvalue weighted by molar-refractivity contribution is 5.77. The standard InChI is InChI=1S/C18H27N3O2/c1-23-13-5-12-21-15-18(9-7-17(21)22)8-4-11-20(14-18)16-6-2-3-10-19-16/h2-3,6,10H,4-5,7-9,11-15H2,1H3/t18-/m0/s1. The van der Waals surface area contributed by atoms with Crippen LogP contribution in [0.1, 0.15) is 32.1 Å². The largest absolute Gasteiger partial charge is 0.385 e. The van der Waals surface area contributed by atoms with Crippen LogP contribution in [-0.4, -0.2) is 55.7 Å². The number of hydrogen-bond donors (Lipinski definition) is 0. The van der Waals surface area contributed by atoms with Gasteiger partial charge in [-0.15, -0.1) is 0 Å². The fourth-order valence-electron chi connectivity index (χ4n) is 3.98. The molecule has 3 rings (SSSR count). The number of methoxy groups -OCH3 is 1. The summed E-state index contributed by atoms with van der Waals surface area (Å²) in [6.07, 6.45) is 6.86. The van der Waals surface area contributed by atoms with Crippen LogP contribution in [0, 0.1) is 5.41 Å². The third kappa shape index (κ3) is 3.83. The highest BCUT2D eigenvalue weighted by Gasteiger charge is 2.41. The second-order valence-corrected chi connectivity index (χ2v) is 6.87. The van der Waals surface area contributed by atoms with E-state index >= 15 is 0 Å². The average Bonchev–Trinajstić information content (AvgIpc) is 2.59. The lowest BCUT2D eigenvalue weighted by Crippen LogP contribution is -2.54. The first-order valence-electron chi connectivity index (χ1n) is 8.65. The molecule has 2 fully saturated rings. The SMILES string of the molecule is COCCCN1C[C@@]2(CCCN(c3ccccn3)C2)CCC1=O. The molecule has 3 heterocycles. The maximum atomic E-state index is 12.2. The first kappa shape index (κ1) is 16.2. The maximum Gasteiger partial charge on any atom is 0.222 e. The molecule has 2 aliphatic rings. The molecule has 2 saturated heterocycles. The minimum Gasteiger partial charge on any atom is -0.385 e. The van der Waals surface area contributed by atoms with Crippen molar-refractivity contribution in [3.05, 3.63) is 24.4 Å². The lowest BCUT2D eigenvalue weighted by molar-refractivity contribution is -0.138. The normalized spacial score (nSPS) is 25.2. The summed E-state index contributed by atoms with van der Waals surface area (Å²) >= 11 is 0. The predicted molar refractivity (Wildman–Crippen MR) is 90.4 cm³/mol. The van der Waals surface area contributed by atoms with Gasteiger partial charge in [-0.2, -0.15) is 0 Å². The Labute approximate surface area is 138 Å². The van der Waals surface area contributed by atoms with Gasteiger partial charge in [-0.3, -0.25) is 4.79 Å². The molecular formula is C18H27N3O2. The van der Waals surface area contributed by atoms with Gasteiger partial charge >= 0.3 is 0 Å². The molecule has 126 valence electrons. The van der Waals surface area contributed by atoms with E-state index in [1.54, 1.807) is 7.11 Å². The molecule has 2 aliphatic heterocycles. The first-order valence-corrected chi connectivity index (χ1v) is 8.65. The van der Waals surface area contributed by atoms with E-state index in [1.807, 2.05) is 18.3 Å². The van der Waals surface area contributed by atoms with Crippen molar-refractivity contribution >= 4 is 11.7 Å². The Morgan fingerprint density at radius 2 is 2.22 bits per heavy atom. The summed E-state index contributed by atoms with van der Waals surface area (Å²) < 4.78 is 5.13. The molecule has 0 N–H and O–H groups in total. The van der Waals surface area contributed by atoms with E-state index in [-0.39, 0.29) is 5.41 Å². The van der Waals surface area contributed by atoms with Crippen LogP contribution in [0.4, 0.5) is 5.82 Å². The van der Waals surface area contributed by atoms with Crippen LogP contribution in [-0.2, 0) is 9.53 Å². The van der Waals surface area contributed by atoms with Crippen LogP contribution in [0.2, 0.25) is 0 Å². The van der Waals surface area contributed by atoms with Crippen LogP contribution in [0.15, 0.2) is 24.4 Å². The molecule has 1 aromatic heterocycles. The smallest absolute Gasteiger partial charge is 0.222 e. The molecule has 1 amide bonds. The van der Waals surface area contributed by atoms with E-state index in [0.29, 0.717) is 12.3 Å². The summed E-state index contributed by atoms with van der Waals surface area (Å²) in [5.74, 6) is 1.37. The van der Waals surface area contributed by atoms with Gasteiger partial charge < -0.3 is 14.5 Å². The molecular weight excluding hydrogens is 290 g/mol. The number of piperidine rings is 2. The van der Waals surface area contributed by atoms with Crippen molar-refractivity contribution in [3.8, 4) is 0 Å². The van der Waals surface area contributed by atoms with Gasteiger partial charge in [0.25, 0.3) is 0 Å². The number of nitrogens with zero attached hydrogens (tertiary/aromatic N) is 3. The maximum absolute atomic E-state index is 12.2. The van der Waals surface area contributed by atoms with Crippen molar-refractivity contribution in [2.24, 2.45) is 5.41 Å². The van der Waals surface area contributed by atoms with E-state index in [2.05, 4.69) is 20.9 Å². The van der Waals surface area contributed by atoms with Crippen molar-refractivity contribution in [3.63, 3.8) is 0 Å². The van der Waals surface area contributed by atoms with Crippen molar-refractivity contribution in [1.82, 2.24) is 9.88 Å². The molecule has 0 bridgehead atoms. The number of amides is 1. The van der Waals surface area contributed by atoms with E-state index in [1.165, 1.54) is 12.8 Å². The van der Waals surface area contributed by atoms with Crippen molar-refractivity contribution in [2.45, 2.75) is 32.1 Å². The van der Waals surface area contributed by atoms with Gasteiger partial charge in [-0.25, -0.2) is 4.98 Å². The van der Waals surface area contributed by atoms with Crippen LogP contribution >= 0.6 is 0 Å². The van der Waals surface area contributed by atoms with Gasteiger partial charge in [-0.1, -0.05) is 6.07 Å². The second kappa shape index (κ2) is 7.30. The van der Waals surface area contributed by atoms with E-state index in [4.69, 9.17) is 4.74 Å². The molecule has 0 saturated carbocycles. The van der Waals surface area contributed by atoms with Gasteiger partial charge in [0.2, 0.25) is 5.91 Å². The average molecular weight is 317 g/mol. The number of anilines is 1. The molecule has 0 aromatic carbocycles. The number of rotatable bonds is 5. The van der Waals surface area contributed by atoms with Gasteiger partial charge in [0, 0.05) is 57.9 Å². The van der Waals surface area contributed by atoms with Gasteiger partial charge in [-0.05, 0) is 37.8 Å². The minimum atomic E-state index is 0.233. The van der Waals surface area contributed by atoms with Crippen LogP contribution in [0.3, 0.4) is 0 Å². The van der Waals surface area contributed by atoms with Crippen LogP contribution in [0.25, 0.3) is 0 Å². The highest BCUT2D eigenvalue weighted by Crippen LogP contribution is 2.39. The Kier molecular flexibility index (Phi) is 5.16. The number of hydrogen-bond acceptors (Lipinski definition) is 4. The molecule has 0 unspecified atom stereocenters. The molecule has 1 aromatic rings. The number of carbonyl (C=O) groups excluding carboxylic acids is 1. The number of ether oxygens (including phenoxy) is 1. The van der Waals surface area contributed by atoms with Crippen LogP contribution < -0.4 is 4.90 Å². The fourth-order valence-corrected chi connectivity index (χ4v) is 3.98. The molecule has 23 heavy (non-hydrogen) atoms. The Morgan fingerprint density at radius 1 is 1.30 bits per heavy atom. The molecule has 5 nitrogen and oxygen atoms in total. The minimum absolute atomic E-state index is 0.233. The Morgan fingerprint density at radius 3 is 3.00 bits per heavy atom. The number of aromatic nitrogens is 1. The van der Waals surface area contributed by atoms with Gasteiger partial charge in [0.05, 0.1) is 0 Å². The van der Waals surface area contributed by atoms with Crippen LogP contribution in [0.5, 0.6) is 0 Å². The zero-order valence-corrected chi connectivity index (χ0v) is 14.0. The lowest BCUT2D eigenvalue weighted by atomic mass is 9.73. The zero-order valence-electron chi connectivity index (χ0n) is 14.0. The van der Waals surface area contributed by atoms with Gasteiger partial charge in [0.1, 0.15) is 5.82 Å². The Hall–Kier alpha value is -1.62. The van der Waals surface area contributed by atoms with E-state index in [9.17, 15) is 4.79 Å². The Bertz CT molecular complexity index is 522. The van der Waals surface area contributed by atoms with Crippen molar-refractivity contribution in [1.29, 1.82) is 0 Å². The highest BCUT2D eigenvalue weighted by atomic mass is 16.5. The number of likely N-dealkylation sites (tertiary alicyclic amines) is 1. The molecule has 5 heteroatoms. The summed E-state index contributed by atoms with van der Waals surface area (Å²) in [6.45, 7) is 4.50. The number of pyridine rings is 1. The molecule has 1 spiro atoms. The van der Waals surface area contributed by atoms with E-state index < -0.39 is 0 Å². The van der Waals surface area contributed by atoms with Crippen molar-refractivity contribution < 1.29 is 9.53 Å². The summed E-state index contributed by atoms with van der Waals surface area (Å²) in [7, 11) is 1.71. The molecule has 1 atom stereocenters. The monoisotopic (exact) mass is 317 g/mol. The Balaban J connectivity index is 1.67. The third-order valence-corrected chi connectivity index (χ3v) is 5.16. The number of carbonyl (C=O) groups is 1. The first-order chi connectivity index (χ1) is 11.2. The molecule has 0 aliphatic carbocycles. The van der Waals surface area contributed by atoms with Gasteiger partial charge in [0.15, 0.2) is 0 Å². The predicted octanol–water partition coefficient (Wildman–Crippen LogP) is 2.33. The van der Waals surface area contributed by atoms with Crippen molar-refractivity contribution in [2.75, 3.05) is 44.8 Å². The topological polar surface area (TPSA) is 45.7 Å². The third-order valence-electron chi connectivity index (χ3n) is 5.16. The fraction of sp³-hybridized carbons (Fsp3) is 0.667. The molecule has 0 radical (unpaired) electrons. The summed E-state index contributed by atoms with van der Waals surface area (Å²) in [4.78, 5) is 21.2. The summed E-state index contributed by atoms with van der Waals surface area (Å²) in [5.41, 5.74) is 0.233. The summed E-state index contributed by atoms with van der Waals surface area (Å²) in [6, 6.07) is 6.09. The zero-order chi connectivity index (χ0) is 16.1.